The van der Waals surface area contributed by atoms with Gasteiger partial charge in [-0.1, -0.05) is 104 Å². The Bertz CT molecular complexity index is 1540. The minimum absolute atomic E-state index is 0.144. The summed E-state index contributed by atoms with van der Waals surface area (Å²) in [6.07, 6.45) is 14.8. The van der Waals surface area contributed by atoms with Crippen LogP contribution in [0.25, 0.3) is 0 Å². The lowest BCUT2D eigenvalue weighted by atomic mass is 10.0. The van der Waals surface area contributed by atoms with Crippen LogP contribution in [0.2, 0.25) is 0 Å². The summed E-state index contributed by atoms with van der Waals surface area (Å²) in [5.41, 5.74) is 5.19. The van der Waals surface area contributed by atoms with Crippen LogP contribution < -0.4 is 48.3 Å². The van der Waals surface area contributed by atoms with Gasteiger partial charge in [0.1, 0.15) is 24.7 Å². The van der Waals surface area contributed by atoms with Gasteiger partial charge in [0.05, 0.1) is 42.7 Å². The van der Waals surface area contributed by atoms with Crippen molar-refractivity contribution in [3.63, 3.8) is 0 Å². The van der Waals surface area contributed by atoms with Crippen LogP contribution in [0.1, 0.15) is 101 Å². The predicted molar refractivity (Wildman–Crippen MR) is 247 cm³/mol. The fraction of sp³-hybridized carbons (Fsp3) is 0.651. The molecule has 19 nitrogen and oxygen atoms in total. The quantitative estimate of drug-likeness (QED) is 0.115. The third kappa shape index (κ3) is 25.6. The smallest absolute Gasteiger partial charge is 0.254 e. The van der Waals surface area contributed by atoms with Crippen molar-refractivity contribution >= 4 is 65.7 Å². The summed E-state index contributed by atoms with van der Waals surface area (Å²) < 4.78 is 0. The van der Waals surface area contributed by atoms with Crippen molar-refractivity contribution in [1.29, 1.82) is 0 Å². The van der Waals surface area contributed by atoms with Gasteiger partial charge in [0, 0.05) is 6.04 Å². The number of carbonyl (C=O) groups excluding carboxylic acids is 9. The van der Waals surface area contributed by atoms with Gasteiger partial charge in [-0.15, -0.1) is 0 Å². The van der Waals surface area contributed by atoms with Crippen LogP contribution in [-0.4, -0.2) is 134 Å². The number of primary amides is 1. The lowest BCUT2D eigenvalue weighted by Gasteiger charge is -2.26. The number of hydrogen-bond donors (Lipinski definition) is 9. The number of thioether (sulfide) groups is 1. The second-order valence-electron chi connectivity index (χ2n) is 14.4. The van der Waals surface area contributed by atoms with Crippen molar-refractivity contribution in [2.45, 2.75) is 142 Å². The number of rotatable bonds is 13. The van der Waals surface area contributed by atoms with Crippen LogP contribution in [0.5, 0.6) is 0 Å². The molecule has 6 unspecified atom stereocenters. The van der Waals surface area contributed by atoms with Gasteiger partial charge in [-0.25, -0.2) is 0 Å². The molecule has 0 bridgehead atoms. The predicted octanol–water partition coefficient (Wildman–Crippen LogP) is 0.655. The molecule has 0 saturated carbocycles. The summed E-state index contributed by atoms with van der Waals surface area (Å²) in [7, 11) is 3.54. The second kappa shape index (κ2) is 35.4. The SMILES string of the molecule is CC.CC.CCCC.CN1CCCC1C=O.CNC(C)C(=O)NC1/C=C(\NC2C=CC=CC2)SC(C(=O)NC(C=O)CC(N)=O)NC(=O)CNC(=O)[C@H](C(C)C)NC(=O)CNC1=O. The topological polar surface area (TPSA) is 279 Å². The third-order valence-electron chi connectivity index (χ3n) is 9.07. The fourth-order valence-corrected chi connectivity index (χ4v) is 6.29. The summed E-state index contributed by atoms with van der Waals surface area (Å²) in [5, 5.41) is 19.5. The molecule has 10 N–H and O–H groups in total. The number of amides is 7. The van der Waals surface area contributed by atoms with E-state index >= 15 is 0 Å². The van der Waals surface area contributed by atoms with E-state index < -0.39 is 96.3 Å². The maximum absolute atomic E-state index is 13.4. The van der Waals surface area contributed by atoms with Crippen LogP contribution in [0.4, 0.5) is 0 Å². The average Bonchev–Trinajstić information content (AvgIpc) is 3.71. The van der Waals surface area contributed by atoms with Crippen molar-refractivity contribution < 1.29 is 43.2 Å². The van der Waals surface area contributed by atoms with Gasteiger partial charge < -0.3 is 57.9 Å². The zero-order valence-electron chi connectivity index (χ0n) is 39.1. The molecule has 7 amide bonds. The van der Waals surface area contributed by atoms with E-state index in [0.29, 0.717) is 12.7 Å². The van der Waals surface area contributed by atoms with Crippen molar-refractivity contribution in [3.05, 3.63) is 35.4 Å². The van der Waals surface area contributed by atoms with Gasteiger partial charge in [0.2, 0.25) is 35.4 Å². The maximum atomic E-state index is 13.4. The maximum Gasteiger partial charge on any atom is 0.254 e. The Morgan fingerprint density at radius 2 is 1.54 bits per heavy atom. The van der Waals surface area contributed by atoms with Crippen LogP contribution in [0.15, 0.2) is 35.4 Å². The lowest BCUT2D eigenvalue weighted by molar-refractivity contribution is -0.132. The Kier molecular flexibility index (Phi) is 33.7. The number of allylic oxidation sites excluding steroid dienone is 2. The molecule has 0 aromatic heterocycles. The minimum Gasteiger partial charge on any atom is -0.373 e. The summed E-state index contributed by atoms with van der Waals surface area (Å²) in [6.45, 7) is 17.2. The van der Waals surface area contributed by atoms with Gasteiger partial charge in [0.15, 0.2) is 5.37 Å². The van der Waals surface area contributed by atoms with Crippen LogP contribution in [0.3, 0.4) is 0 Å². The van der Waals surface area contributed by atoms with E-state index in [1.807, 2.05) is 53.0 Å². The van der Waals surface area contributed by atoms with Gasteiger partial charge in [-0.05, 0) is 58.8 Å². The molecule has 2 aliphatic heterocycles. The molecule has 7 atom stereocenters. The molecule has 0 aromatic carbocycles. The summed E-state index contributed by atoms with van der Waals surface area (Å²) in [5.74, 6) is -5.71. The van der Waals surface area contributed by atoms with Crippen molar-refractivity contribution in [1.82, 2.24) is 47.4 Å². The summed E-state index contributed by atoms with van der Waals surface area (Å²) in [4.78, 5) is 114. The molecule has 1 aliphatic carbocycles. The third-order valence-corrected chi connectivity index (χ3v) is 10.1. The number of unbranched alkanes of at least 4 members (excludes halogenated alkanes) is 1. The van der Waals surface area contributed by atoms with Gasteiger partial charge in [-0.2, -0.15) is 0 Å². The molecule has 358 valence electrons. The van der Waals surface area contributed by atoms with E-state index in [1.54, 1.807) is 33.9 Å². The molecule has 20 heteroatoms. The molecule has 3 rings (SSSR count). The molecule has 2 heterocycles. The van der Waals surface area contributed by atoms with Gasteiger partial charge in [-0.3, -0.25) is 38.5 Å². The Morgan fingerprint density at radius 1 is 0.937 bits per heavy atom. The molecule has 0 aromatic rings. The first-order chi connectivity index (χ1) is 30.0. The number of hydrogen-bond acceptors (Lipinski definition) is 13. The van der Waals surface area contributed by atoms with Crippen molar-refractivity contribution in [3.8, 4) is 0 Å². The first kappa shape index (κ1) is 60.0. The molecule has 1 fully saturated rings. The van der Waals surface area contributed by atoms with Crippen LogP contribution in [0, 0.1) is 5.92 Å². The number of carbonyl (C=O) groups is 9. The average molecular weight is 909 g/mol. The Morgan fingerprint density at radius 3 is 2.00 bits per heavy atom. The first-order valence-corrected chi connectivity index (χ1v) is 22.7. The van der Waals surface area contributed by atoms with Gasteiger partial charge in [0.25, 0.3) is 5.91 Å². The zero-order valence-corrected chi connectivity index (χ0v) is 39.9. The van der Waals surface area contributed by atoms with E-state index in [9.17, 15) is 43.2 Å². The van der Waals surface area contributed by atoms with Crippen molar-refractivity contribution in [2.24, 2.45) is 11.7 Å². The molecule has 0 spiro atoms. The highest BCUT2D eigenvalue weighted by molar-refractivity contribution is 8.04. The van der Waals surface area contributed by atoms with E-state index in [2.05, 4.69) is 61.3 Å². The van der Waals surface area contributed by atoms with Crippen molar-refractivity contribution in [2.75, 3.05) is 33.7 Å². The number of nitrogens with two attached hydrogens (primary N) is 1. The number of nitrogens with one attached hydrogen (secondary N) is 8. The molecule has 3 aliphatic rings. The number of likely N-dealkylation sites (N-methyl/N-ethyl adjacent to an activating group) is 2. The normalized spacial score (nSPS) is 23.3. The van der Waals surface area contributed by atoms with Crippen LogP contribution in [-0.2, 0) is 43.2 Å². The van der Waals surface area contributed by atoms with E-state index in [-0.39, 0.29) is 17.1 Å². The van der Waals surface area contributed by atoms with Gasteiger partial charge >= 0.3 is 0 Å². The molecular formula is C43H76N10O9S. The molecular weight excluding hydrogens is 833 g/mol. The highest BCUT2D eigenvalue weighted by Gasteiger charge is 2.31. The molecule has 1 saturated heterocycles. The fourth-order valence-electron chi connectivity index (χ4n) is 5.24. The van der Waals surface area contributed by atoms with Crippen LogP contribution >= 0.6 is 11.8 Å². The minimum atomic E-state index is -1.49. The summed E-state index contributed by atoms with van der Waals surface area (Å²) >= 11 is 0.733. The highest BCUT2D eigenvalue weighted by Crippen LogP contribution is 2.22. The Balaban J connectivity index is 0. The monoisotopic (exact) mass is 909 g/mol. The standard InChI is InChI=1S/C29H43N9O8S.C6H11NO.C4H10.2C2H6/c1-15(2)24-27(45)33-13-22(42)38-29(28(46)35-18(14-39)10-20(30)40)47-23(34-17-8-6-5-7-9-17)11-19(36-25(43)16(3)31-4)26(44)32-12-21(41)37-24;1-7-4-2-3-6(7)5-8;1-3-4-2;2*1-2/h5-8,11,14-19,24,29,31,34H,9-10,12-13H2,1-4H3,(H2,30,40)(H,32,44)(H,33,45)(H,35,46)(H,36,43)(H,37,41)(H,38,42);5-6H,2-4H2,1H3;3-4H2,1-2H3;2*1-2H3/b23-11+;;;;/t16?,17?,18?,19?,24-,29?;;;;/m0..../s1. The Hall–Kier alpha value is -5.08. The molecule has 0 radical (unpaired) electrons. The number of nitrogens with zero attached hydrogens (tertiary/aromatic N) is 1. The highest BCUT2D eigenvalue weighted by atomic mass is 32.2. The molecule has 63 heavy (non-hydrogen) atoms. The van der Waals surface area contributed by atoms with E-state index in [4.69, 9.17) is 5.73 Å². The van der Waals surface area contributed by atoms with E-state index in [1.165, 1.54) is 25.3 Å². The second-order valence-corrected chi connectivity index (χ2v) is 15.5. The summed E-state index contributed by atoms with van der Waals surface area (Å²) in [6, 6.07) is -4.61. The zero-order chi connectivity index (χ0) is 48.5. The first-order valence-electron chi connectivity index (χ1n) is 21.8. The number of aldehydes is 2. The largest absolute Gasteiger partial charge is 0.373 e. The van der Waals surface area contributed by atoms with E-state index in [0.717, 1.165) is 31.0 Å². The Labute approximate surface area is 378 Å². The number of likely N-dealkylation sites (tertiary alicyclic amines) is 1. The lowest BCUT2D eigenvalue weighted by Crippen LogP contribution is -2.56.